The number of hydrogen-bond acceptors (Lipinski definition) is 6. The molecule has 0 bridgehead atoms. The largest absolute Gasteiger partial charge is 0.360 e. The maximum Gasteiger partial charge on any atom is 0.262 e. The van der Waals surface area contributed by atoms with Gasteiger partial charge in [-0.1, -0.05) is 52.8 Å². The fourth-order valence-electron chi connectivity index (χ4n) is 2.90. The van der Waals surface area contributed by atoms with E-state index in [-0.39, 0.29) is 17.2 Å². The highest BCUT2D eigenvalue weighted by molar-refractivity contribution is 7.99. The second kappa shape index (κ2) is 8.73. The summed E-state index contributed by atoms with van der Waals surface area (Å²) in [5, 5.41) is 8.02. The summed E-state index contributed by atoms with van der Waals surface area (Å²) < 4.78 is 6.52. The van der Waals surface area contributed by atoms with Crippen molar-refractivity contribution < 1.29 is 9.32 Å². The zero-order valence-corrected chi connectivity index (χ0v) is 17.5. The van der Waals surface area contributed by atoms with Crippen molar-refractivity contribution in [3.63, 3.8) is 0 Å². The van der Waals surface area contributed by atoms with Crippen LogP contribution in [0.2, 0.25) is 5.02 Å². The SMILES string of the molecule is Cc1cc(NC(=O)CSc2nc3ccccc3c(=O)n2Cc2ccc(Cl)cc2)no1. The van der Waals surface area contributed by atoms with Crippen molar-refractivity contribution in [2.45, 2.75) is 18.6 Å². The molecule has 2 aromatic carbocycles. The molecule has 1 amide bonds. The predicted molar refractivity (Wildman–Crippen MR) is 117 cm³/mol. The molecule has 4 aromatic rings. The molecular formula is C21H17ClN4O3S. The van der Waals surface area contributed by atoms with E-state index in [2.05, 4.69) is 15.5 Å². The first kappa shape index (κ1) is 20.2. The summed E-state index contributed by atoms with van der Waals surface area (Å²) in [6.45, 7) is 2.06. The van der Waals surface area contributed by atoms with E-state index in [0.29, 0.717) is 39.2 Å². The fraction of sp³-hybridized carbons (Fsp3) is 0.143. The van der Waals surface area contributed by atoms with E-state index >= 15 is 0 Å². The lowest BCUT2D eigenvalue weighted by atomic mass is 10.2. The number of amides is 1. The van der Waals surface area contributed by atoms with E-state index in [0.717, 1.165) is 5.56 Å². The van der Waals surface area contributed by atoms with Gasteiger partial charge in [-0.15, -0.1) is 0 Å². The maximum atomic E-state index is 13.1. The van der Waals surface area contributed by atoms with Crippen LogP contribution in [0, 0.1) is 6.92 Å². The Morgan fingerprint density at radius 3 is 2.70 bits per heavy atom. The van der Waals surface area contributed by atoms with Crippen LogP contribution in [-0.2, 0) is 11.3 Å². The number of para-hydroxylation sites is 1. The molecule has 7 nitrogen and oxygen atoms in total. The summed E-state index contributed by atoms with van der Waals surface area (Å²) in [6, 6.07) is 16.1. The van der Waals surface area contributed by atoms with E-state index in [9.17, 15) is 9.59 Å². The second-order valence-electron chi connectivity index (χ2n) is 6.59. The number of hydrogen-bond donors (Lipinski definition) is 1. The second-order valence-corrected chi connectivity index (χ2v) is 7.97. The molecule has 4 rings (SSSR count). The summed E-state index contributed by atoms with van der Waals surface area (Å²) in [5.41, 5.74) is 1.33. The summed E-state index contributed by atoms with van der Waals surface area (Å²) in [7, 11) is 0. The molecule has 2 heterocycles. The number of halogens is 1. The number of rotatable bonds is 6. The minimum Gasteiger partial charge on any atom is -0.360 e. The van der Waals surface area contributed by atoms with Gasteiger partial charge in [0, 0.05) is 11.1 Å². The zero-order valence-electron chi connectivity index (χ0n) is 16.0. The van der Waals surface area contributed by atoms with Crippen LogP contribution in [-0.4, -0.2) is 26.4 Å². The Morgan fingerprint density at radius 2 is 1.97 bits per heavy atom. The number of benzene rings is 2. The molecule has 0 aliphatic carbocycles. The quantitative estimate of drug-likeness (QED) is 0.358. The Kier molecular flexibility index (Phi) is 5.87. The number of thioether (sulfide) groups is 1. The van der Waals surface area contributed by atoms with Gasteiger partial charge in [0.2, 0.25) is 5.91 Å². The van der Waals surface area contributed by atoms with Gasteiger partial charge >= 0.3 is 0 Å². The van der Waals surface area contributed by atoms with Crippen LogP contribution in [0.3, 0.4) is 0 Å². The third-order valence-electron chi connectivity index (χ3n) is 4.31. The molecule has 0 atom stereocenters. The summed E-state index contributed by atoms with van der Waals surface area (Å²) in [4.78, 5) is 30.0. The first-order chi connectivity index (χ1) is 14.5. The van der Waals surface area contributed by atoms with Crippen molar-refractivity contribution in [3.05, 3.63) is 81.3 Å². The van der Waals surface area contributed by atoms with Gasteiger partial charge < -0.3 is 9.84 Å². The third kappa shape index (κ3) is 4.55. The van der Waals surface area contributed by atoms with Crippen molar-refractivity contribution in [1.82, 2.24) is 14.7 Å². The Balaban J connectivity index is 1.62. The number of aryl methyl sites for hydroxylation is 1. The molecule has 152 valence electrons. The fourth-order valence-corrected chi connectivity index (χ4v) is 3.83. The van der Waals surface area contributed by atoms with Gasteiger partial charge in [0.15, 0.2) is 11.0 Å². The maximum absolute atomic E-state index is 13.1. The molecule has 0 saturated carbocycles. The van der Waals surface area contributed by atoms with Crippen LogP contribution in [0.25, 0.3) is 10.9 Å². The van der Waals surface area contributed by atoms with Gasteiger partial charge in [-0.3, -0.25) is 14.2 Å². The van der Waals surface area contributed by atoms with Crippen LogP contribution >= 0.6 is 23.4 Å². The highest BCUT2D eigenvalue weighted by Gasteiger charge is 2.14. The lowest BCUT2D eigenvalue weighted by molar-refractivity contribution is -0.113. The Hall–Kier alpha value is -3.10. The first-order valence-corrected chi connectivity index (χ1v) is 10.5. The molecule has 0 fully saturated rings. The van der Waals surface area contributed by atoms with E-state index in [1.54, 1.807) is 47.9 Å². The molecule has 0 radical (unpaired) electrons. The van der Waals surface area contributed by atoms with Crippen LogP contribution in [0.5, 0.6) is 0 Å². The molecular weight excluding hydrogens is 424 g/mol. The molecule has 9 heteroatoms. The molecule has 0 unspecified atom stereocenters. The Bertz CT molecular complexity index is 1270. The first-order valence-electron chi connectivity index (χ1n) is 9.09. The Labute approximate surface area is 181 Å². The number of anilines is 1. The average molecular weight is 441 g/mol. The summed E-state index contributed by atoms with van der Waals surface area (Å²) >= 11 is 7.15. The highest BCUT2D eigenvalue weighted by atomic mass is 35.5. The molecule has 2 aromatic heterocycles. The van der Waals surface area contributed by atoms with Crippen molar-refractivity contribution in [2.24, 2.45) is 0 Å². The highest BCUT2D eigenvalue weighted by Crippen LogP contribution is 2.20. The van der Waals surface area contributed by atoms with Gasteiger partial charge in [-0.05, 0) is 36.8 Å². The monoisotopic (exact) mass is 440 g/mol. The number of carbonyl (C=O) groups is 1. The van der Waals surface area contributed by atoms with Crippen LogP contribution in [0.4, 0.5) is 5.82 Å². The van der Waals surface area contributed by atoms with Crippen molar-refractivity contribution in [3.8, 4) is 0 Å². The molecule has 0 aliphatic rings. The van der Waals surface area contributed by atoms with Crippen LogP contribution in [0.1, 0.15) is 11.3 Å². The van der Waals surface area contributed by atoms with Gasteiger partial charge in [0.25, 0.3) is 5.56 Å². The van der Waals surface area contributed by atoms with E-state index in [1.807, 2.05) is 18.2 Å². The third-order valence-corrected chi connectivity index (χ3v) is 5.54. The van der Waals surface area contributed by atoms with E-state index < -0.39 is 0 Å². The minimum atomic E-state index is -0.270. The standard InChI is InChI=1S/C21H17ClN4O3S/c1-13-10-18(25-29-13)24-19(27)12-30-21-23-17-5-3-2-4-16(17)20(28)26(21)11-14-6-8-15(22)9-7-14/h2-10H,11-12H2,1H3,(H,24,25,27). The van der Waals surface area contributed by atoms with Gasteiger partial charge in [0.1, 0.15) is 5.76 Å². The lowest BCUT2D eigenvalue weighted by Crippen LogP contribution is -2.25. The van der Waals surface area contributed by atoms with E-state index in [1.165, 1.54) is 11.8 Å². The number of fused-ring (bicyclic) bond motifs is 1. The van der Waals surface area contributed by atoms with Crippen molar-refractivity contribution in [1.29, 1.82) is 0 Å². The zero-order chi connectivity index (χ0) is 21.1. The van der Waals surface area contributed by atoms with Gasteiger partial charge in [-0.2, -0.15) is 0 Å². The van der Waals surface area contributed by atoms with E-state index in [4.69, 9.17) is 16.1 Å². The van der Waals surface area contributed by atoms with Crippen molar-refractivity contribution in [2.75, 3.05) is 11.1 Å². The topological polar surface area (TPSA) is 90.0 Å². The number of carbonyl (C=O) groups excluding carboxylic acids is 1. The summed E-state index contributed by atoms with van der Waals surface area (Å²) in [5.74, 6) is 0.750. The smallest absolute Gasteiger partial charge is 0.262 e. The molecule has 0 saturated heterocycles. The van der Waals surface area contributed by atoms with Gasteiger partial charge in [0.05, 0.1) is 23.2 Å². The number of nitrogens with one attached hydrogen (secondary N) is 1. The summed E-state index contributed by atoms with van der Waals surface area (Å²) in [6.07, 6.45) is 0. The normalized spacial score (nSPS) is 11.0. The predicted octanol–water partition coefficient (Wildman–Crippen LogP) is 4.13. The van der Waals surface area contributed by atoms with Crippen LogP contribution < -0.4 is 10.9 Å². The minimum absolute atomic E-state index is 0.0668. The molecule has 0 spiro atoms. The average Bonchev–Trinajstić information content (AvgIpc) is 3.15. The van der Waals surface area contributed by atoms with Crippen molar-refractivity contribution >= 4 is 46.0 Å². The molecule has 1 N–H and O–H groups in total. The Morgan fingerprint density at radius 1 is 1.20 bits per heavy atom. The number of nitrogens with zero attached hydrogens (tertiary/aromatic N) is 3. The lowest BCUT2D eigenvalue weighted by Gasteiger charge is -2.13. The molecule has 30 heavy (non-hydrogen) atoms. The number of aromatic nitrogens is 3. The van der Waals surface area contributed by atoms with Gasteiger partial charge in [-0.25, -0.2) is 4.98 Å². The molecule has 0 aliphatic heterocycles. The van der Waals surface area contributed by atoms with Crippen LogP contribution in [0.15, 0.2) is 69.1 Å².